The Morgan fingerprint density at radius 3 is 2.17 bits per heavy atom. The van der Waals surface area contributed by atoms with Crippen molar-refractivity contribution in [3.05, 3.63) is 41.0 Å². The van der Waals surface area contributed by atoms with Crippen molar-refractivity contribution in [3.63, 3.8) is 0 Å². The number of aliphatic carboxylic acids is 1. The number of methoxy groups -OCH3 is 6. The van der Waals surface area contributed by atoms with Crippen LogP contribution in [0.1, 0.15) is 49.8 Å². The lowest BCUT2D eigenvalue weighted by molar-refractivity contribution is -0.158. The summed E-state index contributed by atoms with van der Waals surface area (Å²) in [6, 6.07) is 7.95. The molecule has 1 aliphatic rings. The molecule has 0 radical (unpaired) electrons. The Hall–Kier alpha value is -3.17. The molecule has 0 spiro atoms. The van der Waals surface area contributed by atoms with Crippen LogP contribution in [0.2, 0.25) is 0 Å². The first-order valence-electron chi connectivity index (χ1n) is 14.2. The number of ether oxygens (including phenoxy) is 6. The van der Waals surface area contributed by atoms with Gasteiger partial charge in [0.1, 0.15) is 0 Å². The molecule has 2 aromatic rings. The molecule has 9 nitrogen and oxygen atoms in total. The molecule has 0 saturated carbocycles. The van der Waals surface area contributed by atoms with E-state index < -0.39 is 17.5 Å². The highest BCUT2D eigenvalue weighted by atomic mass is 16.5. The van der Waals surface area contributed by atoms with Gasteiger partial charge in [0, 0.05) is 18.1 Å². The Kier molecular flexibility index (Phi) is 11.5. The maximum Gasteiger partial charge on any atom is 0.333 e. The quantitative estimate of drug-likeness (QED) is 0.271. The number of hydrogen-bond donors (Lipinski definition) is 2. The zero-order valence-corrected chi connectivity index (χ0v) is 25.8. The lowest BCUT2D eigenvalue weighted by atomic mass is 9.54. The van der Waals surface area contributed by atoms with E-state index >= 15 is 0 Å². The minimum absolute atomic E-state index is 0.0412. The van der Waals surface area contributed by atoms with Crippen molar-refractivity contribution in [1.29, 1.82) is 0 Å². The Balaban J connectivity index is 1.84. The summed E-state index contributed by atoms with van der Waals surface area (Å²) in [5.74, 6) is 2.12. The van der Waals surface area contributed by atoms with Gasteiger partial charge in [0.25, 0.3) is 0 Å². The van der Waals surface area contributed by atoms with Gasteiger partial charge in [0.05, 0.1) is 35.5 Å². The third-order valence-corrected chi connectivity index (χ3v) is 8.60. The van der Waals surface area contributed by atoms with E-state index in [9.17, 15) is 9.90 Å². The molecular weight excluding hydrogens is 526 g/mol. The molecule has 2 N–H and O–H groups in total. The zero-order valence-electron chi connectivity index (χ0n) is 25.8. The smallest absolute Gasteiger partial charge is 0.333 e. The van der Waals surface area contributed by atoms with Crippen molar-refractivity contribution in [2.45, 2.75) is 57.5 Å². The fraction of sp³-hybridized carbons (Fsp3) is 0.594. The van der Waals surface area contributed by atoms with E-state index in [1.807, 2.05) is 18.2 Å². The van der Waals surface area contributed by atoms with Gasteiger partial charge in [-0.3, -0.25) is 0 Å². The van der Waals surface area contributed by atoms with Gasteiger partial charge >= 0.3 is 5.97 Å². The second-order valence-corrected chi connectivity index (χ2v) is 10.8. The molecule has 3 unspecified atom stereocenters. The Bertz CT molecular complexity index is 1170. The van der Waals surface area contributed by atoms with Gasteiger partial charge in [-0.1, -0.05) is 19.9 Å². The lowest BCUT2D eigenvalue weighted by Crippen LogP contribution is -2.57. The zero-order chi connectivity index (χ0) is 30.2. The van der Waals surface area contributed by atoms with Gasteiger partial charge in [-0.2, -0.15) is 0 Å². The van der Waals surface area contributed by atoms with Crippen molar-refractivity contribution < 1.29 is 38.3 Å². The Morgan fingerprint density at radius 2 is 1.61 bits per heavy atom. The standard InChI is InChI=1S/C32H47NO8/c1-20(2)32(30(41-8)31(34)35)22(12-13-23-24(32)19-27(38-5)29(40-7)28(23)39-6)15-17-33-16-9-10-21-11-14-25(36-3)26(18-21)37-4/h11,14,18-20,22,30,33H,9-10,12-13,15-17H2,1-8H3,(H,34,35). The van der Waals surface area contributed by atoms with Crippen molar-refractivity contribution in [2.24, 2.45) is 11.8 Å². The van der Waals surface area contributed by atoms with E-state index in [-0.39, 0.29) is 11.8 Å². The average molecular weight is 574 g/mol. The SMILES string of the molecule is COc1ccc(CCCNCCC2CCc3c(cc(OC)c(OC)c3OC)C2(C(C)C)C(OC)C(=O)O)cc1OC. The second kappa shape index (κ2) is 14.6. The molecule has 228 valence electrons. The van der Waals surface area contributed by atoms with Gasteiger partial charge in [0.2, 0.25) is 5.75 Å². The van der Waals surface area contributed by atoms with E-state index in [2.05, 4.69) is 25.2 Å². The summed E-state index contributed by atoms with van der Waals surface area (Å²) in [4.78, 5) is 12.7. The van der Waals surface area contributed by atoms with E-state index in [1.165, 1.54) is 12.7 Å². The number of nitrogens with one attached hydrogen (secondary N) is 1. The first kappa shape index (κ1) is 32.3. The maximum absolute atomic E-state index is 12.7. The molecular formula is C32H47NO8. The molecule has 41 heavy (non-hydrogen) atoms. The van der Waals surface area contributed by atoms with Crippen LogP contribution in [0.25, 0.3) is 0 Å². The highest BCUT2D eigenvalue weighted by Crippen LogP contribution is 2.56. The predicted molar refractivity (Wildman–Crippen MR) is 158 cm³/mol. The number of carboxylic acid groups (broad SMARTS) is 1. The molecule has 0 amide bonds. The normalized spacial score (nSPS) is 18.9. The first-order valence-corrected chi connectivity index (χ1v) is 14.2. The molecule has 0 bridgehead atoms. The number of hydrogen-bond acceptors (Lipinski definition) is 8. The van der Waals surface area contributed by atoms with Crippen LogP contribution in [0.3, 0.4) is 0 Å². The van der Waals surface area contributed by atoms with Crippen molar-refractivity contribution >= 4 is 5.97 Å². The topological polar surface area (TPSA) is 105 Å². The highest BCUT2D eigenvalue weighted by molar-refractivity contribution is 5.76. The molecule has 0 aliphatic heterocycles. The number of carbonyl (C=O) groups is 1. The molecule has 9 heteroatoms. The number of aryl methyl sites for hydroxylation is 1. The molecule has 1 aliphatic carbocycles. The predicted octanol–water partition coefficient (Wildman–Crippen LogP) is 4.90. The largest absolute Gasteiger partial charge is 0.493 e. The summed E-state index contributed by atoms with van der Waals surface area (Å²) < 4.78 is 33.7. The molecule has 0 aromatic heterocycles. The van der Waals surface area contributed by atoms with Crippen LogP contribution in [-0.4, -0.2) is 72.9 Å². The van der Waals surface area contributed by atoms with Gasteiger partial charge in [-0.05, 0) is 86.4 Å². The summed E-state index contributed by atoms with van der Waals surface area (Å²) >= 11 is 0. The molecule has 2 aromatic carbocycles. The van der Waals surface area contributed by atoms with Crippen LogP contribution >= 0.6 is 0 Å². The lowest BCUT2D eigenvalue weighted by Gasteiger charge is -2.51. The molecule has 3 rings (SSSR count). The van der Waals surface area contributed by atoms with Crippen LogP contribution in [0, 0.1) is 11.8 Å². The van der Waals surface area contributed by atoms with Gasteiger partial charge in [0.15, 0.2) is 29.1 Å². The van der Waals surface area contributed by atoms with Gasteiger partial charge in [-0.15, -0.1) is 0 Å². The molecule has 0 fully saturated rings. The van der Waals surface area contributed by atoms with Gasteiger partial charge in [-0.25, -0.2) is 4.79 Å². The minimum Gasteiger partial charge on any atom is -0.493 e. The van der Waals surface area contributed by atoms with Crippen LogP contribution in [-0.2, 0) is 27.8 Å². The van der Waals surface area contributed by atoms with Crippen LogP contribution in [0.4, 0.5) is 0 Å². The van der Waals surface area contributed by atoms with Crippen LogP contribution in [0.5, 0.6) is 28.7 Å². The van der Waals surface area contributed by atoms with Crippen molar-refractivity contribution in [3.8, 4) is 28.7 Å². The van der Waals surface area contributed by atoms with Crippen LogP contribution in [0.15, 0.2) is 24.3 Å². The number of fused-ring (bicyclic) bond motifs is 1. The Morgan fingerprint density at radius 1 is 0.927 bits per heavy atom. The van der Waals surface area contributed by atoms with Crippen molar-refractivity contribution in [1.82, 2.24) is 5.32 Å². The second-order valence-electron chi connectivity index (χ2n) is 10.8. The summed E-state index contributed by atoms with van der Waals surface area (Å²) in [6.07, 6.45) is 3.18. The summed E-state index contributed by atoms with van der Waals surface area (Å²) in [5, 5.41) is 14.0. The van der Waals surface area contributed by atoms with E-state index in [0.29, 0.717) is 17.2 Å². The van der Waals surface area contributed by atoms with E-state index in [4.69, 9.17) is 28.4 Å². The molecule has 3 atom stereocenters. The monoisotopic (exact) mass is 573 g/mol. The average Bonchev–Trinajstić information content (AvgIpc) is 2.97. The van der Waals surface area contributed by atoms with Gasteiger partial charge < -0.3 is 38.8 Å². The molecule has 0 heterocycles. The molecule has 0 saturated heterocycles. The van der Waals surface area contributed by atoms with Crippen LogP contribution < -0.4 is 29.0 Å². The number of benzene rings is 2. The minimum atomic E-state index is -1.04. The first-order chi connectivity index (χ1) is 19.7. The Labute approximate surface area is 244 Å². The fourth-order valence-corrected chi connectivity index (χ4v) is 6.81. The third kappa shape index (κ3) is 6.36. The summed E-state index contributed by atoms with van der Waals surface area (Å²) in [7, 11) is 9.54. The highest BCUT2D eigenvalue weighted by Gasteiger charge is 2.56. The number of carboxylic acids is 1. The third-order valence-electron chi connectivity index (χ3n) is 8.60. The maximum atomic E-state index is 12.7. The van der Waals surface area contributed by atoms with Crippen molar-refractivity contribution in [2.75, 3.05) is 55.7 Å². The van der Waals surface area contributed by atoms with E-state index in [0.717, 1.165) is 67.8 Å². The summed E-state index contributed by atoms with van der Waals surface area (Å²) in [6.45, 7) is 5.77. The fourth-order valence-electron chi connectivity index (χ4n) is 6.81. The number of rotatable bonds is 16. The van der Waals surface area contributed by atoms with E-state index in [1.54, 1.807) is 35.5 Å². The summed E-state index contributed by atoms with van der Waals surface area (Å²) in [5.41, 5.74) is 2.25.